The van der Waals surface area contributed by atoms with Gasteiger partial charge in [0.05, 0.1) is 6.21 Å². The Morgan fingerprint density at radius 1 is 0.917 bits per heavy atom. The van der Waals surface area contributed by atoms with E-state index in [1.807, 2.05) is 6.92 Å². The van der Waals surface area contributed by atoms with E-state index in [1.165, 1.54) is 27.9 Å². The van der Waals surface area contributed by atoms with E-state index in [1.54, 1.807) is 0 Å². The first-order valence-corrected chi connectivity index (χ1v) is 4.20. The molecule has 0 bridgehead atoms. The van der Waals surface area contributed by atoms with Gasteiger partial charge in [-0.15, -0.1) is 0 Å². The predicted molar refractivity (Wildman–Crippen MR) is 51.2 cm³/mol. The van der Waals surface area contributed by atoms with Gasteiger partial charge in [-0.25, -0.2) is 0 Å². The van der Waals surface area contributed by atoms with Gasteiger partial charge in [0.1, 0.15) is 0 Å². The van der Waals surface area contributed by atoms with Gasteiger partial charge >= 0.3 is 0 Å². The van der Waals surface area contributed by atoms with Gasteiger partial charge in [0.2, 0.25) is 0 Å². The molecule has 0 N–H and O–H groups in total. The minimum Gasteiger partial charge on any atom is -0.250 e. The van der Waals surface area contributed by atoms with Gasteiger partial charge in [-0.1, -0.05) is 0 Å². The van der Waals surface area contributed by atoms with Crippen molar-refractivity contribution < 1.29 is 0 Å². The van der Waals surface area contributed by atoms with Crippen LogP contribution in [0.1, 0.15) is 27.7 Å². The highest BCUT2D eigenvalue weighted by atomic mass is 14.8. The molecule has 1 heterocycles. The molecule has 0 amide bonds. The van der Waals surface area contributed by atoms with E-state index >= 15 is 0 Å². The van der Waals surface area contributed by atoms with Crippen molar-refractivity contribution in [2.24, 2.45) is 4.99 Å². The van der Waals surface area contributed by atoms with Crippen molar-refractivity contribution in [3.05, 3.63) is 33.6 Å². The number of aliphatic imine (C=N–C) groups is 1. The molecule has 1 aliphatic carbocycles. The first-order chi connectivity index (χ1) is 5.63. The Morgan fingerprint density at radius 3 is 2.17 bits per heavy atom. The molecule has 1 radical (unpaired) electrons. The molecule has 1 heteroatoms. The topological polar surface area (TPSA) is 12.4 Å². The van der Waals surface area contributed by atoms with Gasteiger partial charge in [0, 0.05) is 16.8 Å². The highest BCUT2D eigenvalue weighted by Gasteiger charge is 2.25. The molecule has 1 aliphatic heterocycles. The van der Waals surface area contributed by atoms with Crippen LogP contribution in [0.15, 0.2) is 38.6 Å². The Morgan fingerprint density at radius 2 is 1.58 bits per heavy atom. The van der Waals surface area contributed by atoms with Gasteiger partial charge in [0.15, 0.2) is 0 Å². The van der Waals surface area contributed by atoms with Crippen LogP contribution in [0.4, 0.5) is 0 Å². The summed E-state index contributed by atoms with van der Waals surface area (Å²) in [7, 11) is 0. The van der Waals surface area contributed by atoms with Crippen molar-refractivity contribution >= 4 is 6.21 Å². The SMILES string of the molecule is CC1=C2C(C)=C(C)C(C)=C2[C]=N1. The summed E-state index contributed by atoms with van der Waals surface area (Å²) in [5, 5.41) is 0. The molecule has 2 aliphatic rings. The fraction of sp³-hybridized carbons (Fsp3) is 0.364. The maximum atomic E-state index is 4.19. The van der Waals surface area contributed by atoms with Crippen LogP contribution in [0.2, 0.25) is 0 Å². The maximum absolute atomic E-state index is 4.19. The summed E-state index contributed by atoms with van der Waals surface area (Å²) in [5.74, 6) is 0. The monoisotopic (exact) mass is 158 g/mol. The van der Waals surface area contributed by atoms with Crippen molar-refractivity contribution in [3.8, 4) is 0 Å². The Hall–Kier alpha value is -1.11. The molecule has 0 aromatic heterocycles. The second-order valence-electron chi connectivity index (χ2n) is 3.43. The fourth-order valence-corrected chi connectivity index (χ4v) is 1.82. The van der Waals surface area contributed by atoms with Crippen LogP contribution in [0.5, 0.6) is 0 Å². The Kier molecular flexibility index (Phi) is 1.38. The maximum Gasteiger partial charge on any atom is 0.0978 e. The van der Waals surface area contributed by atoms with Crippen molar-refractivity contribution in [2.75, 3.05) is 0 Å². The van der Waals surface area contributed by atoms with Crippen molar-refractivity contribution in [3.63, 3.8) is 0 Å². The third-order valence-electron chi connectivity index (χ3n) is 2.82. The van der Waals surface area contributed by atoms with Gasteiger partial charge in [0.25, 0.3) is 0 Å². The zero-order valence-corrected chi connectivity index (χ0v) is 7.95. The smallest absolute Gasteiger partial charge is 0.0978 e. The minimum atomic E-state index is 1.11. The number of nitrogens with zero attached hydrogens (tertiary/aromatic N) is 1. The van der Waals surface area contributed by atoms with E-state index in [0.29, 0.717) is 0 Å². The molecular formula is C11H12N. The third-order valence-corrected chi connectivity index (χ3v) is 2.82. The lowest BCUT2D eigenvalue weighted by atomic mass is 10.1. The largest absolute Gasteiger partial charge is 0.250 e. The number of hydrogen-bond donors (Lipinski definition) is 0. The Balaban J connectivity index is 2.70. The van der Waals surface area contributed by atoms with Crippen LogP contribution in [-0.2, 0) is 0 Å². The molecule has 0 aromatic carbocycles. The summed E-state index contributed by atoms with van der Waals surface area (Å²) >= 11 is 0. The average Bonchev–Trinajstić information content (AvgIpc) is 2.51. The Bertz CT molecular complexity index is 376. The van der Waals surface area contributed by atoms with Gasteiger partial charge in [-0.05, 0) is 44.4 Å². The Labute approximate surface area is 73.2 Å². The molecule has 0 aromatic rings. The lowest BCUT2D eigenvalue weighted by Gasteiger charge is -1.99. The zero-order valence-electron chi connectivity index (χ0n) is 7.95. The van der Waals surface area contributed by atoms with Crippen LogP contribution in [0, 0.1) is 0 Å². The standard InChI is InChI=1S/C11H12N/c1-6-7(2)10-5-12-9(4)11(10)8(6)3/h1-4H3. The molecule has 0 fully saturated rings. The molecule has 0 atom stereocenters. The van der Waals surface area contributed by atoms with Crippen LogP contribution in [0.25, 0.3) is 0 Å². The first kappa shape index (κ1) is 7.53. The molecule has 0 saturated heterocycles. The average molecular weight is 158 g/mol. The summed E-state index contributed by atoms with van der Waals surface area (Å²) < 4.78 is 0. The summed E-state index contributed by atoms with van der Waals surface area (Å²) in [5.41, 5.74) is 7.73. The molecule has 0 spiro atoms. The number of fused-ring (bicyclic) bond motifs is 1. The lowest BCUT2D eigenvalue weighted by Crippen LogP contribution is -1.84. The van der Waals surface area contributed by atoms with Crippen LogP contribution >= 0.6 is 0 Å². The van der Waals surface area contributed by atoms with E-state index in [2.05, 4.69) is 32.0 Å². The highest BCUT2D eigenvalue weighted by Crippen LogP contribution is 2.39. The van der Waals surface area contributed by atoms with E-state index in [0.717, 1.165) is 5.70 Å². The molecule has 2 rings (SSSR count). The van der Waals surface area contributed by atoms with E-state index in [9.17, 15) is 0 Å². The van der Waals surface area contributed by atoms with Crippen LogP contribution in [0.3, 0.4) is 0 Å². The quantitative estimate of drug-likeness (QED) is 0.514. The molecule has 0 unspecified atom stereocenters. The van der Waals surface area contributed by atoms with E-state index < -0.39 is 0 Å². The number of rotatable bonds is 0. The van der Waals surface area contributed by atoms with Crippen LogP contribution in [-0.4, -0.2) is 6.21 Å². The number of allylic oxidation sites excluding steroid dienone is 6. The van der Waals surface area contributed by atoms with Crippen molar-refractivity contribution in [1.82, 2.24) is 0 Å². The molecule has 61 valence electrons. The van der Waals surface area contributed by atoms with Gasteiger partial charge in [-0.2, -0.15) is 0 Å². The second kappa shape index (κ2) is 2.19. The fourth-order valence-electron chi connectivity index (χ4n) is 1.82. The molecular weight excluding hydrogens is 146 g/mol. The lowest BCUT2D eigenvalue weighted by molar-refractivity contribution is 1.25. The van der Waals surface area contributed by atoms with Gasteiger partial charge in [-0.3, -0.25) is 4.99 Å². The normalized spacial score (nSPS) is 21.7. The zero-order chi connectivity index (χ0) is 8.88. The number of hydrogen-bond acceptors (Lipinski definition) is 1. The highest BCUT2D eigenvalue weighted by molar-refractivity contribution is 5.96. The summed E-state index contributed by atoms with van der Waals surface area (Å²) in [4.78, 5) is 4.19. The van der Waals surface area contributed by atoms with E-state index in [-0.39, 0.29) is 0 Å². The summed E-state index contributed by atoms with van der Waals surface area (Å²) in [6, 6.07) is 0. The molecule has 1 nitrogen and oxygen atoms in total. The second-order valence-corrected chi connectivity index (χ2v) is 3.43. The predicted octanol–water partition coefficient (Wildman–Crippen LogP) is 2.89. The van der Waals surface area contributed by atoms with Crippen molar-refractivity contribution in [1.29, 1.82) is 0 Å². The van der Waals surface area contributed by atoms with Gasteiger partial charge < -0.3 is 0 Å². The minimum absolute atomic E-state index is 1.11. The summed E-state index contributed by atoms with van der Waals surface area (Å²) in [6.07, 6.45) is 3.07. The summed E-state index contributed by atoms with van der Waals surface area (Å²) in [6.45, 7) is 8.51. The third kappa shape index (κ3) is 0.711. The molecule has 12 heavy (non-hydrogen) atoms. The molecule has 0 saturated carbocycles. The first-order valence-electron chi connectivity index (χ1n) is 4.20. The van der Waals surface area contributed by atoms with Crippen molar-refractivity contribution in [2.45, 2.75) is 27.7 Å². The van der Waals surface area contributed by atoms with E-state index in [4.69, 9.17) is 0 Å². The van der Waals surface area contributed by atoms with Crippen LogP contribution < -0.4 is 0 Å².